The van der Waals surface area contributed by atoms with E-state index >= 15 is 0 Å². The van der Waals surface area contributed by atoms with Gasteiger partial charge in [0.2, 0.25) is 0 Å². The van der Waals surface area contributed by atoms with Gasteiger partial charge in [-0.05, 0) is 46.5 Å². The lowest BCUT2D eigenvalue weighted by Gasteiger charge is -2.33. The van der Waals surface area contributed by atoms with Crippen LogP contribution in [0.4, 0.5) is 0 Å². The second-order valence-electron chi connectivity index (χ2n) is 4.61. The monoisotopic (exact) mass is 298 g/mol. The molecule has 0 spiro atoms. The zero-order valence-corrected chi connectivity index (χ0v) is 11.0. The smallest absolute Gasteiger partial charge is 0.314 e. The molecule has 1 aliphatic rings. The molecule has 0 radical (unpaired) electrons. The number of aromatic hydroxyl groups is 1. The van der Waals surface area contributed by atoms with Crippen molar-refractivity contribution in [2.45, 2.75) is 37.5 Å². The summed E-state index contributed by atoms with van der Waals surface area (Å²) in [6.07, 6.45) is 4.36. The van der Waals surface area contributed by atoms with Gasteiger partial charge in [0.1, 0.15) is 5.75 Å². The molecular formula is C13H15BrO3. The molecule has 92 valence electrons. The number of hydrogen-bond acceptors (Lipinski definition) is 2. The molecule has 0 aromatic heterocycles. The molecule has 1 aliphatic carbocycles. The summed E-state index contributed by atoms with van der Waals surface area (Å²) in [5.74, 6) is -0.611. The Bertz CT molecular complexity index is 436. The first-order valence-electron chi connectivity index (χ1n) is 5.79. The lowest BCUT2D eigenvalue weighted by Crippen LogP contribution is -2.37. The van der Waals surface area contributed by atoms with E-state index in [1.54, 1.807) is 18.2 Å². The van der Waals surface area contributed by atoms with E-state index in [0.717, 1.165) is 24.8 Å². The highest BCUT2D eigenvalue weighted by molar-refractivity contribution is 9.10. The molecule has 1 aromatic carbocycles. The largest absolute Gasteiger partial charge is 0.507 e. The van der Waals surface area contributed by atoms with E-state index in [9.17, 15) is 15.0 Å². The van der Waals surface area contributed by atoms with Crippen LogP contribution in [0.2, 0.25) is 0 Å². The van der Waals surface area contributed by atoms with Crippen molar-refractivity contribution >= 4 is 21.9 Å². The zero-order valence-electron chi connectivity index (χ0n) is 9.45. The number of carboxylic acids is 1. The Kier molecular flexibility index (Phi) is 3.43. The molecule has 0 amide bonds. The minimum Gasteiger partial charge on any atom is -0.507 e. The topological polar surface area (TPSA) is 57.5 Å². The van der Waals surface area contributed by atoms with Crippen molar-refractivity contribution in [1.82, 2.24) is 0 Å². The SMILES string of the molecule is O=C(O)C1(c2ccc(O)c(Br)c2)CCCCC1. The molecule has 2 N–H and O–H groups in total. The van der Waals surface area contributed by atoms with Gasteiger partial charge >= 0.3 is 5.97 Å². The van der Waals surface area contributed by atoms with Crippen molar-refractivity contribution in [3.05, 3.63) is 28.2 Å². The van der Waals surface area contributed by atoms with E-state index in [1.165, 1.54) is 0 Å². The number of carboxylic acid groups (broad SMARTS) is 1. The van der Waals surface area contributed by atoms with Crippen LogP contribution in [-0.2, 0) is 10.2 Å². The Morgan fingerprint density at radius 3 is 2.41 bits per heavy atom. The number of aliphatic carboxylic acids is 1. The molecule has 0 unspecified atom stereocenters. The average Bonchev–Trinajstić information content (AvgIpc) is 2.33. The van der Waals surface area contributed by atoms with Gasteiger partial charge in [-0.25, -0.2) is 0 Å². The van der Waals surface area contributed by atoms with E-state index in [4.69, 9.17) is 0 Å². The maximum absolute atomic E-state index is 11.6. The molecule has 0 heterocycles. The lowest BCUT2D eigenvalue weighted by molar-refractivity contribution is -0.145. The summed E-state index contributed by atoms with van der Waals surface area (Å²) in [4.78, 5) is 11.6. The molecular weight excluding hydrogens is 284 g/mol. The molecule has 1 saturated carbocycles. The van der Waals surface area contributed by atoms with Crippen molar-refractivity contribution in [2.24, 2.45) is 0 Å². The minimum absolute atomic E-state index is 0.144. The van der Waals surface area contributed by atoms with Crippen LogP contribution in [0.3, 0.4) is 0 Å². The average molecular weight is 299 g/mol. The van der Waals surface area contributed by atoms with Gasteiger partial charge in [-0.1, -0.05) is 25.3 Å². The van der Waals surface area contributed by atoms with Crippen molar-refractivity contribution in [2.75, 3.05) is 0 Å². The van der Waals surface area contributed by atoms with E-state index in [1.807, 2.05) is 0 Å². The summed E-state index contributed by atoms with van der Waals surface area (Å²) in [6.45, 7) is 0. The molecule has 1 fully saturated rings. The normalized spacial score (nSPS) is 18.9. The number of phenolic OH excluding ortho intramolecular Hbond substituents is 1. The van der Waals surface area contributed by atoms with Crippen LogP contribution in [0, 0.1) is 0 Å². The standard InChI is InChI=1S/C13H15BrO3/c14-10-8-9(4-5-11(10)15)13(12(16)17)6-2-1-3-7-13/h4-5,8,15H,1-3,6-7H2,(H,16,17). The van der Waals surface area contributed by atoms with Crippen LogP contribution in [0.1, 0.15) is 37.7 Å². The summed E-state index contributed by atoms with van der Waals surface area (Å²) in [5, 5.41) is 19.0. The molecule has 0 bridgehead atoms. The van der Waals surface area contributed by atoms with Crippen molar-refractivity contribution in [3.63, 3.8) is 0 Å². The highest BCUT2D eigenvalue weighted by Crippen LogP contribution is 2.41. The van der Waals surface area contributed by atoms with Crippen molar-refractivity contribution in [3.8, 4) is 5.75 Å². The number of halogens is 1. The Labute approximate surface area is 109 Å². The molecule has 1 aromatic rings. The highest BCUT2D eigenvalue weighted by Gasteiger charge is 2.41. The van der Waals surface area contributed by atoms with Crippen LogP contribution in [0.15, 0.2) is 22.7 Å². The quantitative estimate of drug-likeness (QED) is 0.879. The van der Waals surface area contributed by atoms with Gasteiger partial charge in [-0.2, -0.15) is 0 Å². The number of rotatable bonds is 2. The first-order chi connectivity index (χ1) is 8.06. The summed E-state index contributed by atoms with van der Waals surface area (Å²) in [6, 6.07) is 5.01. The van der Waals surface area contributed by atoms with Crippen LogP contribution in [-0.4, -0.2) is 16.2 Å². The molecule has 3 nitrogen and oxygen atoms in total. The fourth-order valence-corrected chi connectivity index (χ4v) is 2.96. The van der Waals surface area contributed by atoms with Gasteiger partial charge in [0.15, 0.2) is 0 Å². The van der Waals surface area contributed by atoms with Crippen LogP contribution < -0.4 is 0 Å². The van der Waals surface area contributed by atoms with Gasteiger partial charge in [0.25, 0.3) is 0 Å². The first kappa shape index (κ1) is 12.4. The number of phenols is 1. The zero-order chi connectivity index (χ0) is 12.5. The molecule has 0 saturated heterocycles. The predicted molar refractivity (Wildman–Crippen MR) is 68.2 cm³/mol. The second-order valence-corrected chi connectivity index (χ2v) is 5.47. The predicted octanol–water partition coefficient (Wildman–Crippen LogP) is 3.44. The molecule has 2 rings (SSSR count). The fourth-order valence-electron chi connectivity index (χ4n) is 2.59. The third-order valence-electron chi connectivity index (χ3n) is 3.62. The van der Waals surface area contributed by atoms with Gasteiger partial charge in [0, 0.05) is 0 Å². The van der Waals surface area contributed by atoms with E-state index < -0.39 is 11.4 Å². The van der Waals surface area contributed by atoms with E-state index in [-0.39, 0.29) is 5.75 Å². The van der Waals surface area contributed by atoms with E-state index in [2.05, 4.69) is 15.9 Å². The Hall–Kier alpha value is -1.03. The number of hydrogen-bond donors (Lipinski definition) is 2. The summed E-state index contributed by atoms with van der Waals surface area (Å²) >= 11 is 3.24. The van der Waals surface area contributed by atoms with Crippen LogP contribution >= 0.6 is 15.9 Å². The van der Waals surface area contributed by atoms with E-state index in [0.29, 0.717) is 17.3 Å². The maximum atomic E-state index is 11.6. The summed E-state index contributed by atoms with van der Waals surface area (Å²) in [7, 11) is 0. The molecule has 17 heavy (non-hydrogen) atoms. The third-order valence-corrected chi connectivity index (χ3v) is 4.25. The minimum atomic E-state index is -0.769. The first-order valence-corrected chi connectivity index (χ1v) is 6.58. The molecule has 0 atom stereocenters. The van der Waals surface area contributed by atoms with Crippen LogP contribution in [0.5, 0.6) is 5.75 Å². The Morgan fingerprint density at radius 2 is 1.88 bits per heavy atom. The highest BCUT2D eigenvalue weighted by atomic mass is 79.9. The number of carbonyl (C=O) groups is 1. The Morgan fingerprint density at radius 1 is 1.24 bits per heavy atom. The van der Waals surface area contributed by atoms with Crippen molar-refractivity contribution in [1.29, 1.82) is 0 Å². The Balaban J connectivity index is 2.45. The lowest BCUT2D eigenvalue weighted by atomic mass is 9.69. The summed E-state index contributed by atoms with van der Waals surface area (Å²) < 4.78 is 0.557. The van der Waals surface area contributed by atoms with Gasteiger partial charge in [-0.15, -0.1) is 0 Å². The molecule has 4 heteroatoms. The van der Waals surface area contributed by atoms with Gasteiger partial charge < -0.3 is 10.2 Å². The summed E-state index contributed by atoms with van der Waals surface area (Å²) in [5.41, 5.74) is 0.0171. The van der Waals surface area contributed by atoms with Crippen LogP contribution in [0.25, 0.3) is 0 Å². The third kappa shape index (κ3) is 2.18. The van der Waals surface area contributed by atoms with Gasteiger partial charge in [-0.3, -0.25) is 4.79 Å². The molecule has 0 aliphatic heterocycles. The van der Waals surface area contributed by atoms with Crippen molar-refractivity contribution < 1.29 is 15.0 Å². The fraction of sp³-hybridized carbons (Fsp3) is 0.462. The van der Waals surface area contributed by atoms with Gasteiger partial charge in [0.05, 0.1) is 9.89 Å². The second kappa shape index (κ2) is 4.69. The number of benzene rings is 1. The maximum Gasteiger partial charge on any atom is 0.314 e.